The topological polar surface area (TPSA) is 176 Å². The Balaban J connectivity index is 1.59. The number of H-pyrrole nitrogens is 3. The molecule has 6 N–H and O–H groups in total. The first-order valence-electron chi connectivity index (χ1n) is 12.6. The number of fused-ring (bicyclic) bond motifs is 2. The summed E-state index contributed by atoms with van der Waals surface area (Å²) in [6.07, 6.45) is 2.38. The molecule has 1 saturated heterocycles. The maximum atomic E-state index is 13.2. The number of aliphatic hydroxyl groups is 2. The van der Waals surface area contributed by atoms with Crippen molar-refractivity contribution in [1.82, 2.24) is 19.5 Å². The van der Waals surface area contributed by atoms with Gasteiger partial charge in [0.25, 0.3) is 11.1 Å². The molecule has 198 valence electrons. The number of aromatic nitrogens is 4. The maximum Gasteiger partial charge on any atom is 0.329 e. The second-order valence-corrected chi connectivity index (χ2v) is 10.3. The van der Waals surface area contributed by atoms with E-state index in [2.05, 4.69) is 25.2 Å². The summed E-state index contributed by atoms with van der Waals surface area (Å²) < 4.78 is 1.64. The number of aromatic amines is 3. The van der Waals surface area contributed by atoms with Gasteiger partial charge in [0.2, 0.25) is 0 Å². The highest BCUT2D eigenvalue weighted by molar-refractivity contribution is 6.01. The average Bonchev–Trinajstić information content (AvgIpc) is 3.71. The highest BCUT2D eigenvalue weighted by atomic mass is 16.3. The van der Waals surface area contributed by atoms with Crippen molar-refractivity contribution >= 4 is 38.9 Å². The van der Waals surface area contributed by atoms with E-state index in [-0.39, 0.29) is 18.0 Å². The van der Waals surface area contributed by atoms with E-state index in [0.29, 0.717) is 53.7 Å². The Kier molecular flexibility index (Phi) is 5.54. The fourth-order valence-corrected chi connectivity index (χ4v) is 5.51. The molecule has 38 heavy (non-hydrogen) atoms. The first kappa shape index (κ1) is 24.2. The Hall–Kier alpha value is -4.16. The molecule has 6 rings (SSSR count). The summed E-state index contributed by atoms with van der Waals surface area (Å²) in [6, 6.07) is 6.77. The Morgan fingerprint density at radius 1 is 1.00 bits per heavy atom. The molecule has 3 heterocycles. The van der Waals surface area contributed by atoms with Crippen LogP contribution in [-0.2, 0) is 0 Å². The van der Waals surface area contributed by atoms with Crippen LogP contribution in [0, 0.1) is 6.92 Å². The average molecular weight is 521 g/mol. The highest BCUT2D eigenvalue weighted by Gasteiger charge is 2.34. The lowest BCUT2D eigenvalue weighted by atomic mass is 9.91. The van der Waals surface area contributed by atoms with E-state index in [9.17, 15) is 29.4 Å². The smallest absolute Gasteiger partial charge is 0.329 e. The zero-order valence-electron chi connectivity index (χ0n) is 20.8. The SMILES string of the molecule is Cc1c(N2CCC(O)(CO)CC2)cc(Nc2cccc3[nH]c(=O)[nH]c(=O)c23)c2c(=O)[nH]c(=O)n(C3CC3)c12. The minimum Gasteiger partial charge on any atom is -0.393 e. The summed E-state index contributed by atoms with van der Waals surface area (Å²) in [6.45, 7) is 2.49. The van der Waals surface area contributed by atoms with Crippen LogP contribution in [0.1, 0.15) is 37.3 Å². The Morgan fingerprint density at radius 3 is 2.39 bits per heavy atom. The van der Waals surface area contributed by atoms with E-state index in [0.717, 1.165) is 24.1 Å². The Bertz CT molecular complexity index is 1820. The van der Waals surface area contributed by atoms with Gasteiger partial charge in [0, 0.05) is 24.8 Å². The molecule has 12 heteroatoms. The summed E-state index contributed by atoms with van der Waals surface area (Å²) in [7, 11) is 0. The van der Waals surface area contributed by atoms with Crippen LogP contribution in [0.5, 0.6) is 0 Å². The van der Waals surface area contributed by atoms with E-state index in [1.807, 2.05) is 13.0 Å². The normalized spacial score (nSPS) is 17.3. The molecule has 0 amide bonds. The van der Waals surface area contributed by atoms with Crippen LogP contribution in [0.4, 0.5) is 17.1 Å². The van der Waals surface area contributed by atoms with Crippen molar-refractivity contribution in [2.45, 2.75) is 44.2 Å². The number of aryl methyl sites for hydroxylation is 1. The van der Waals surface area contributed by atoms with Gasteiger partial charge in [-0.15, -0.1) is 0 Å². The number of hydrogen-bond acceptors (Lipinski definition) is 8. The van der Waals surface area contributed by atoms with E-state index < -0.39 is 28.1 Å². The summed E-state index contributed by atoms with van der Waals surface area (Å²) in [4.78, 5) is 60.1. The first-order valence-corrected chi connectivity index (χ1v) is 12.6. The summed E-state index contributed by atoms with van der Waals surface area (Å²) in [5, 5.41) is 23.9. The zero-order chi connectivity index (χ0) is 26.8. The van der Waals surface area contributed by atoms with Gasteiger partial charge in [0.1, 0.15) is 0 Å². The molecule has 1 aliphatic heterocycles. The third-order valence-corrected chi connectivity index (χ3v) is 7.71. The second kappa shape index (κ2) is 8.71. The molecule has 2 aliphatic rings. The van der Waals surface area contributed by atoms with Crippen molar-refractivity contribution < 1.29 is 10.2 Å². The van der Waals surface area contributed by atoms with E-state index >= 15 is 0 Å². The number of piperidine rings is 1. The number of nitrogens with one attached hydrogen (secondary N) is 4. The Labute approximate surface area is 214 Å². The van der Waals surface area contributed by atoms with Crippen LogP contribution < -0.4 is 32.7 Å². The van der Waals surface area contributed by atoms with E-state index in [4.69, 9.17) is 0 Å². The standard InChI is InChI=1S/C26H28N6O6/c1-13-18(31-9-7-26(38,12-33)8-10-31)11-17(20-21(13)32(14-5-6-14)25(37)30-23(20)35)27-15-3-2-4-16-19(15)22(34)29-24(36)28-16/h2-4,11,14,27,33,38H,5-10,12H2,1H3,(H,30,35,37)(H2,28,29,34,36). The van der Waals surface area contributed by atoms with Crippen molar-refractivity contribution in [3.8, 4) is 0 Å². The van der Waals surface area contributed by atoms with Gasteiger partial charge in [-0.05, 0) is 56.4 Å². The number of benzene rings is 2. The van der Waals surface area contributed by atoms with Gasteiger partial charge in [-0.1, -0.05) is 6.07 Å². The van der Waals surface area contributed by atoms with Crippen molar-refractivity contribution in [3.05, 3.63) is 71.5 Å². The second-order valence-electron chi connectivity index (χ2n) is 10.3. The lowest BCUT2D eigenvalue weighted by Crippen LogP contribution is -2.47. The maximum absolute atomic E-state index is 13.2. The monoisotopic (exact) mass is 520 g/mol. The molecule has 1 aliphatic carbocycles. The fourth-order valence-electron chi connectivity index (χ4n) is 5.51. The van der Waals surface area contributed by atoms with Crippen molar-refractivity contribution in [3.63, 3.8) is 0 Å². The molecular formula is C26H28N6O6. The lowest BCUT2D eigenvalue weighted by Gasteiger charge is -2.39. The summed E-state index contributed by atoms with van der Waals surface area (Å²) in [5.74, 6) is 0. The van der Waals surface area contributed by atoms with Crippen molar-refractivity contribution in [1.29, 1.82) is 0 Å². The lowest BCUT2D eigenvalue weighted by molar-refractivity contribution is -0.0325. The van der Waals surface area contributed by atoms with E-state index in [1.54, 1.807) is 22.8 Å². The molecule has 1 saturated carbocycles. The van der Waals surface area contributed by atoms with Gasteiger partial charge in [-0.3, -0.25) is 24.1 Å². The number of hydrogen-bond donors (Lipinski definition) is 6. The van der Waals surface area contributed by atoms with E-state index in [1.165, 1.54) is 0 Å². The van der Waals surface area contributed by atoms with Crippen molar-refractivity contribution in [2.75, 3.05) is 29.9 Å². The minimum atomic E-state index is -1.14. The molecular weight excluding hydrogens is 492 g/mol. The molecule has 12 nitrogen and oxygen atoms in total. The summed E-state index contributed by atoms with van der Waals surface area (Å²) >= 11 is 0. The third kappa shape index (κ3) is 3.92. The number of nitrogens with zero attached hydrogens (tertiary/aromatic N) is 2. The molecule has 2 fully saturated rings. The van der Waals surface area contributed by atoms with Crippen LogP contribution in [0.3, 0.4) is 0 Å². The molecule has 0 radical (unpaired) electrons. The van der Waals surface area contributed by atoms with Gasteiger partial charge < -0.3 is 25.4 Å². The molecule has 0 bridgehead atoms. The van der Waals surface area contributed by atoms with Crippen LogP contribution in [0.15, 0.2) is 43.4 Å². The molecule has 2 aromatic carbocycles. The predicted molar refractivity (Wildman–Crippen MR) is 144 cm³/mol. The molecule has 0 atom stereocenters. The quantitative estimate of drug-likeness (QED) is 0.225. The van der Waals surface area contributed by atoms with Gasteiger partial charge in [-0.25, -0.2) is 9.59 Å². The molecule has 0 spiro atoms. The largest absolute Gasteiger partial charge is 0.393 e. The third-order valence-electron chi connectivity index (χ3n) is 7.71. The highest BCUT2D eigenvalue weighted by Crippen LogP contribution is 2.41. The number of rotatable bonds is 5. The van der Waals surface area contributed by atoms with Crippen LogP contribution in [0.2, 0.25) is 0 Å². The number of anilines is 3. The van der Waals surface area contributed by atoms with Crippen LogP contribution in [-0.4, -0.2) is 55.0 Å². The first-order chi connectivity index (χ1) is 18.2. The molecule has 0 unspecified atom stereocenters. The van der Waals surface area contributed by atoms with Gasteiger partial charge >= 0.3 is 11.4 Å². The van der Waals surface area contributed by atoms with Gasteiger partial charge in [0.15, 0.2) is 0 Å². The fraction of sp³-hybridized carbons (Fsp3) is 0.385. The molecule has 2 aromatic heterocycles. The van der Waals surface area contributed by atoms with Crippen LogP contribution in [0.25, 0.3) is 21.8 Å². The van der Waals surface area contributed by atoms with Gasteiger partial charge in [0.05, 0.1) is 45.4 Å². The predicted octanol–water partition coefficient (Wildman–Crippen LogP) is 0.930. The van der Waals surface area contributed by atoms with Crippen molar-refractivity contribution in [2.24, 2.45) is 0 Å². The summed E-state index contributed by atoms with van der Waals surface area (Å²) in [5.41, 5.74) is -0.181. The minimum absolute atomic E-state index is 0.0186. The number of aliphatic hydroxyl groups excluding tert-OH is 1. The Morgan fingerprint density at radius 2 is 1.71 bits per heavy atom. The zero-order valence-corrected chi connectivity index (χ0v) is 20.8. The van der Waals surface area contributed by atoms with Crippen LogP contribution >= 0.6 is 0 Å². The molecule has 4 aromatic rings. The van der Waals surface area contributed by atoms with Gasteiger partial charge in [-0.2, -0.15) is 0 Å².